The Morgan fingerprint density at radius 1 is 1.14 bits per heavy atom. The van der Waals surface area contributed by atoms with Crippen LogP contribution in [0.1, 0.15) is 11.1 Å². The largest absolute Gasteiger partial charge is 0.307 e. The Balaban J connectivity index is 1.90. The fraction of sp³-hybridized carbons (Fsp3) is 0.0588. The molecule has 0 saturated carbocycles. The molecule has 1 N–H and O–H groups in total. The van der Waals surface area contributed by atoms with Crippen molar-refractivity contribution in [1.82, 2.24) is 5.32 Å². The Hall–Kier alpha value is -1.56. The van der Waals surface area contributed by atoms with Crippen LogP contribution in [-0.2, 0) is 4.79 Å². The lowest BCUT2D eigenvalue weighted by molar-refractivity contribution is -0.115. The molecule has 1 amide bonds. The molecule has 0 aliphatic carbocycles. The molecule has 1 saturated heterocycles. The summed E-state index contributed by atoms with van der Waals surface area (Å²) < 4.78 is 0.514. The van der Waals surface area contributed by atoms with E-state index in [9.17, 15) is 4.79 Å². The molecule has 110 valence electrons. The topological polar surface area (TPSA) is 29.1 Å². The third-order valence-corrected chi connectivity index (χ3v) is 5.36. The van der Waals surface area contributed by atoms with Crippen molar-refractivity contribution in [2.24, 2.45) is 0 Å². The average molecular weight is 343 g/mol. The quantitative estimate of drug-likeness (QED) is 0.649. The molecule has 0 bridgehead atoms. The number of hydrogen-bond acceptors (Lipinski definition) is 4. The molecule has 3 rings (SSSR count). The highest BCUT2D eigenvalue weighted by Gasteiger charge is 2.22. The molecule has 5 heteroatoms. The summed E-state index contributed by atoms with van der Waals surface area (Å²) in [5.41, 5.74) is 2.27. The van der Waals surface area contributed by atoms with Gasteiger partial charge in [0.05, 0.1) is 4.91 Å². The average Bonchev–Trinajstić information content (AvgIpc) is 2.81. The minimum atomic E-state index is -0.120. The lowest BCUT2D eigenvalue weighted by Gasteiger charge is -2.06. The minimum absolute atomic E-state index is 0.120. The predicted molar refractivity (Wildman–Crippen MR) is 98.1 cm³/mol. The number of carbonyl (C=O) groups excluding carboxylic acids is 1. The van der Waals surface area contributed by atoms with Crippen LogP contribution in [0.15, 0.2) is 63.2 Å². The van der Waals surface area contributed by atoms with Crippen LogP contribution < -0.4 is 5.32 Å². The highest BCUT2D eigenvalue weighted by atomic mass is 32.2. The minimum Gasteiger partial charge on any atom is -0.307 e. The summed E-state index contributed by atoms with van der Waals surface area (Å²) in [6.07, 6.45) is 1.90. The Morgan fingerprint density at radius 3 is 2.55 bits per heavy atom. The maximum absolute atomic E-state index is 11.8. The Labute approximate surface area is 143 Å². The van der Waals surface area contributed by atoms with E-state index in [1.54, 1.807) is 11.8 Å². The second-order valence-corrected chi connectivity index (χ2v) is 7.64. The van der Waals surface area contributed by atoms with Crippen molar-refractivity contribution in [1.29, 1.82) is 0 Å². The van der Waals surface area contributed by atoms with Gasteiger partial charge in [-0.3, -0.25) is 4.79 Å². The fourth-order valence-electron chi connectivity index (χ4n) is 1.99. The lowest BCUT2D eigenvalue weighted by Crippen LogP contribution is -2.17. The monoisotopic (exact) mass is 343 g/mol. The molecule has 2 nitrogen and oxygen atoms in total. The predicted octanol–water partition coefficient (Wildman–Crippen LogP) is 4.64. The summed E-state index contributed by atoms with van der Waals surface area (Å²) in [6, 6.07) is 16.5. The maximum Gasteiger partial charge on any atom is 0.263 e. The van der Waals surface area contributed by atoms with E-state index in [0.29, 0.717) is 9.23 Å². The van der Waals surface area contributed by atoms with Gasteiger partial charge >= 0.3 is 0 Å². The number of amides is 1. The van der Waals surface area contributed by atoms with E-state index in [1.807, 2.05) is 24.3 Å². The van der Waals surface area contributed by atoms with Crippen LogP contribution in [0.3, 0.4) is 0 Å². The third kappa shape index (κ3) is 3.61. The molecule has 0 spiro atoms. The molecule has 0 unspecified atom stereocenters. The molecule has 0 atom stereocenters. The van der Waals surface area contributed by atoms with Gasteiger partial charge in [0, 0.05) is 9.79 Å². The summed E-state index contributed by atoms with van der Waals surface area (Å²) >= 11 is 8.02. The Bertz CT molecular complexity index is 766. The van der Waals surface area contributed by atoms with Gasteiger partial charge in [0.25, 0.3) is 5.91 Å². The van der Waals surface area contributed by atoms with Crippen LogP contribution in [0, 0.1) is 6.92 Å². The number of hydrogen-bond donors (Lipinski definition) is 1. The van der Waals surface area contributed by atoms with Crippen molar-refractivity contribution in [2.75, 3.05) is 0 Å². The van der Waals surface area contributed by atoms with E-state index in [-0.39, 0.29) is 5.91 Å². The van der Waals surface area contributed by atoms with Crippen LogP contribution in [0.2, 0.25) is 0 Å². The SMILES string of the molecule is Cc1ccc(Sc2ccccc2/C=C2\SC(=S)NC2=O)cc1. The smallest absolute Gasteiger partial charge is 0.263 e. The van der Waals surface area contributed by atoms with E-state index in [2.05, 4.69) is 42.6 Å². The van der Waals surface area contributed by atoms with Gasteiger partial charge in [-0.05, 0) is 36.8 Å². The summed E-state index contributed by atoms with van der Waals surface area (Å²) in [5, 5.41) is 2.64. The fourth-order valence-corrected chi connectivity index (χ4v) is 3.94. The van der Waals surface area contributed by atoms with Gasteiger partial charge in [-0.25, -0.2) is 0 Å². The molecule has 1 heterocycles. The Morgan fingerprint density at radius 2 is 1.86 bits per heavy atom. The molecule has 0 aromatic heterocycles. The molecular formula is C17H13NOS3. The number of carbonyl (C=O) groups is 1. The first-order valence-corrected chi connectivity index (χ1v) is 8.74. The van der Waals surface area contributed by atoms with E-state index in [4.69, 9.17) is 12.2 Å². The number of rotatable bonds is 3. The van der Waals surface area contributed by atoms with Crippen molar-refractivity contribution >= 4 is 52.0 Å². The van der Waals surface area contributed by atoms with Gasteiger partial charge in [-0.2, -0.15) is 0 Å². The molecule has 2 aromatic rings. The molecule has 1 fully saturated rings. The molecule has 1 aliphatic heterocycles. The van der Waals surface area contributed by atoms with Gasteiger partial charge in [-0.15, -0.1) is 0 Å². The number of nitrogens with one attached hydrogen (secondary N) is 1. The van der Waals surface area contributed by atoms with Crippen LogP contribution in [0.5, 0.6) is 0 Å². The zero-order valence-electron chi connectivity index (χ0n) is 11.8. The summed E-state index contributed by atoms with van der Waals surface area (Å²) in [5.74, 6) is -0.120. The van der Waals surface area contributed by atoms with Crippen LogP contribution in [0.4, 0.5) is 0 Å². The second kappa shape index (κ2) is 6.69. The number of benzene rings is 2. The van der Waals surface area contributed by atoms with Gasteiger partial charge < -0.3 is 5.32 Å². The normalized spacial score (nSPS) is 16.1. The van der Waals surface area contributed by atoms with Gasteiger partial charge in [0.15, 0.2) is 0 Å². The third-order valence-electron chi connectivity index (χ3n) is 3.10. The van der Waals surface area contributed by atoms with Crippen LogP contribution >= 0.6 is 35.7 Å². The standard InChI is InChI=1S/C17H13NOS3/c1-11-6-8-13(9-7-11)21-14-5-3-2-4-12(14)10-15-16(19)18-17(20)22-15/h2-10H,1H3,(H,18,19,20)/b15-10-. The van der Waals surface area contributed by atoms with E-state index >= 15 is 0 Å². The first kappa shape index (κ1) is 15.3. The highest BCUT2D eigenvalue weighted by Crippen LogP contribution is 2.34. The highest BCUT2D eigenvalue weighted by molar-refractivity contribution is 8.26. The van der Waals surface area contributed by atoms with Gasteiger partial charge in [0.1, 0.15) is 4.32 Å². The molecule has 2 aromatic carbocycles. The summed E-state index contributed by atoms with van der Waals surface area (Å²) in [6.45, 7) is 2.08. The van der Waals surface area contributed by atoms with E-state index in [0.717, 1.165) is 10.5 Å². The van der Waals surface area contributed by atoms with Crippen molar-refractivity contribution < 1.29 is 4.79 Å². The van der Waals surface area contributed by atoms with Gasteiger partial charge in [0.2, 0.25) is 0 Å². The van der Waals surface area contributed by atoms with E-state index < -0.39 is 0 Å². The van der Waals surface area contributed by atoms with Crippen molar-refractivity contribution in [3.63, 3.8) is 0 Å². The van der Waals surface area contributed by atoms with Crippen molar-refractivity contribution in [3.05, 3.63) is 64.6 Å². The lowest BCUT2D eigenvalue weighted by atomic mass is 10.2. The number of thioether (sulfide) groups is 1. The number of thiocarbonyl (C=S) groups is 1. The zero-order chi connectivity index (χ0) is 15.5. The molecular weight excluding hydrogens is 330 g/mol. The molecule has 0 radical (unpaired) electrons. The molecule has 1 aliphatic rings. The Kier molecular flexibility index (Phi) is 4.66. The first-order chi connectivity index (χ1) is 10.6. The van der Waals surface area contributed by atoms with Crippen molar-refractivity contribution in [3.8, 4) is 0 Å². The van der Waals surface area contributed by atoms with Crippen LogP contribution in [-0.4, -0.2) is 10.2 Å². The first-order valence-electron chi connectivity index (χ1n) is 6.70. The van der Waals surface area contributed by atoms with Gasteiger partial charge in [-0.1, -0.05) is 71.6 Å². The summed E-state index contributed by atoms with van der Waals surface area (Å²) in [7, 11) is 0. The maximum atomic E-state index is 11.8. The van der Waals surface area contributed by atoms with E-state index in [1.165, 1.54) is 22.2 Å². The summed E-state index contributed by atoms with van der Waals surface area (Å²) in [4.78, 5) is 14.7. The van der Waals surface area contributed by atoms with Crippen LogP contribution in [0.25, 0.3) is 6.08 Å². The zero-order valence-corrected chi connectivity index (χ0v) is 14.3. The molecule has 22 heavy (non-hydrogen) atoms. The van der Waals surface area contributed by atoms with Crippen molar-refractivity contribution in [2.45, 2.75) is 16.7 Å². The number of aryl methyl sites for hydroxylation is 1. The second-order valence-electron chi connectivity index (χ2n) is 4.81.